The fourth-order valence-electron chi connectivity index (χ4n) is 2.09. The first kappa shape index (κ1) is 14.4. The number of carbonyl (C=O) groups excluding carboxylic acids is 1. The van der Waals surface area contributed by atoms with Crippen molar-refractivity contribution in [2.75, 3.05) is 25.6 Å². The van der Waals surface area contributed by atoms with Crippen molar-refractivity contribution >= 4 is 15.7 Å². The molecule has 0 unspecified atom stereocenters. The van der Waals surface area contributed by atoms with E-state index in [1.54, 1.807) is 7.05 Å². The Morgan fingerprint density at radius 3 is 2.29 bits per heavy atom. The maximum absolute atomic E-state index is 12.0. The molecule has 6 heteroatoms. The zero-order valence-electron chi connectivity index (χ0n) is 10.6. The third kappa shape index (κ3) is 5.04. The first-order valence-corrected chi connectivity index (χ1v) is 8.04. The molecule has 100 valence electrons. The van der Waals surface area contributed by atoms with Crippen LogP contribution in [-0.4, -0.2) is 50.9 Å². The molecule has 0 aromatic carbocycles. The standard InChI is InChI=1S/C11H22N2O3S/c1-13(7-8-17(2,15)16)11(14)9-3-5-10(12)6-4-9/h9-10H,3-8,12H2,1-2H3. The van der Waals surface area contributed by atoms with Gasteiger partial charge >= 0.3 is 0 Å². The maximum Gasteiger partial charge on any atom is 0.225 e. The van der Waals surface area contributed by atoms with Crippen LogP contribution in [0.4, 0.5) is 0 Å². The molecular formula is C11H22N2O3S. The van der Waals surface area contributed by atoms with Gasteiger partial charge in [-0.15, -0.1) is 0 Å². The van der Waals surface area contributed by atoms with Crippen molar-refractivity contribution in [1.82, 2.24) is 4.90 Å². The lowest BCUT2D eigenvalue weighted by atomic mass is 9.85. The molecule has 0 radical (unpaired) electrons. The van der Waals surface area contributed by atoms with E-state index in [1.165, 1.54) is 11.2 Å². The second kappa shape index (κ2) is 5.82. The smallest absolute Gasteiger partial charge is 0.225 e. The minimum atomic E-state index is -3.01. The van der Waals surface area contributed by atoms with Gasteiger partial charge in [-0.25, -0.2) is 8.42 Å². The summed E-state index contributed by atoms with van der Waals surface area (Å²) in [6, 6.07) is 0.223. The van der Waals surface area contributed by atoms with Crippen molar-refractivity contribution in [2.24, 2.45) is 11.7 Å². The van der Waals surface area contributed by atoms with Gasteiger partial charge in [-0.3, -0.25) is 4.79 Å². The first-order chi connectivity index (χ1) is 7.79. The first-order valence-electron chi connectivity index (χ1n) is 5.98. The van der Waals surface area contributed by atoms with E-state index in [9.17, 15) is 13.2 Å². The van der Waals surface area contributed by atoms with Crippen molar-refractivity contribution in [3.05, 3.63) is 0 Å². The topological polar surface area (TPSA) is 80.5 Å². The number of hydrogen-bond acceptors (Lipinski definition) is 4. The zero-order chi connectivity index (χ0) is 13.1. The van der Waals surface area contributed by atoms with E-state index in [0.717, 1.165) is 25.7 Å². The Labute approximate surface area is 103 Å². The summed E-state index contributed by atoms with van der Waals surface area (Å²) in [7, 11) is -1.34. The summed E-state index contributed by atoms with van der Waals surface area (Å²) in [6.07, 6.45) is 4.60. The van der Waals surface area contributed by atoms with Gasteiger partial charge in [0.25, 0.3) is 0 Å². The Morgan fingerprint density at radius 2 is 1.82 bits per heavy atom. The highest BCUT2D eigenvalue weighted by atomic mass is 32.2. The minimum Gasteiger partial charge on any atom is -0.345 e. The molecule has 0 aromatic rings. The molecule has 0 aliphatic heterocycles. The summed E-state index contributed by atoms with van der Waals surface area (Å²) in [4.78, 5) is 13.5. The largest absolute Gasteiger partial charge is 0.345 e. The summed E-state index contributed by atoms with van der Waals surface area (Å²) in [6.45, 7) is 0.278. The summed E-state index contributed by atoms with van der Waals surface area (Å²) in [5.41, 5.74) is 5.78. The Hall–Kier alpha value is -0.620. The highest BCUT2D eigenvalue weighted by Crippen LogP contribution is 2.24. The predicted molar refractivity (Wildman–Crippen MR) is 67.3 cm³/mol. The van der Waals surface area contributed by atoms with Crippen LogP contribution in [0.2, 0.25) is 0 Å². The highest BCUT2D eigenvalue weighted by Gasteiger charge is 2.26. The molecule has 5 nitrogen and oxygen atoms in total. The summed E-state index contributed by atoms with van der Waals surface area (Å²) in [5.74, 6) is 0.112. The van der Waals surface area contributed by atoms with E-state index in [4.69, 9.17) is 5.73 Å². The monoisotopic (exact) mass is 262 g/mol. The van der Waals surface area contributed by atoms with Gasteiger partial charge in [0.15, 0.2) is 0 Å². The lowest BCUT2D eigenvalue weighted by Crippen LogP contribution is -2.39. The molecule has 17 heavy (non-hydrogen) atoms. The number of nitrogens with two attached hydrogens (primary N) is 1. The second-order valence-corrected chi connectivity index (χ2v) is 7.26. The van der Waals surface area contributed by atoms with Crippen LogP contribution in [0, 0.1) is 5.92 Å². The molecule has 0 saturated heterocycles. The summed E-state index contributed by atoms with van der Waals surface area (Å²) >= 11 is 0. The van der Waals surface area contributed by atoms with Crippen LogP contribution in [0.15, 0.2) is 0 Å². The van der Waals surface area contributed by atoms with E-state index >= 15 is 0 Å². The molecular weight excluding hydrogens is 240 g/mol. The van der Waals surface area contributed by atoms with Crippen LogP contribution in [0.3, 0.4) is 0 Å². The van der Waals surface area contributed by atoms with Crippen molar-refractivity contribution in [3.8, 4) is 0 Å². The molecule has 1 fully saturated rings. The van der Waals surface area contributed by atoms with E-state index in [-0.39, 0.29) is 30.2 Å². The fraction of sp³-hybridized carbons (Fsp3) is 0.909. The Balaban J connectivity index is 2.41. The number of nitrogens with zero attached hydrogens (tertiary/aromatic N) is 1. The van der Waals surface area contributed by atoms with Gasteiger partial charge in [0.1, 0.15) is 9.84 Å². The third-order valence-electron chi connectivity index (χ3n) is 3.29. The van der Waals surface area contributed by atoms with Gasteiger partial charge in [0, 0.05) is 31.8 Å². The lowest BCUT2D eigenvalue weighted by molar-refractivity contribution is -0.135. The molecule has 0 spiro atoms. The van der Waals surface area contributed by atoms with Gasteiger partial charge in [0.2, 0.25) is 5.91 Å². The predicted octanol–water partition coefficient (Wildman–Crippen LogP) is 0.00690. The quantitative estimate of drug-likeness (QED) is 0.773. The van der Waals surface area contributed by atoms with Gasteiger partial charge < -0.3 is 10.6 Å². The van der Waals surface area contributed by atoms with E-state index in [2.05, 4.69) is 0 Å². The van der Waals surface area contributed by atoms with Crippen LogP contribution >= 0.6 is 0 Å². The molecule has 1 rings (SSSR count). The average molecular weight is 262 g/mol. The highest BCUT2D eigenvalue weighted by molar-refractivity contribution is 7.90. The number of amides is 1. The van der Waals surface area contributed by atoms with Crippen LogP contribution in [0.1, 0.15) is 25.7 Å². The van der Waals surface area contributed by atoms with Crippen molar-refractivity contribution in [3.63, 3.8) is 0 Å². The van der Waals surface area contributed by atoms with Crippen LogP contribution in [0.25, 0.3) is 0 Å². The number of rotatable bonds is 4. The van der Waals surface area contributed by atoms with Crippen LogP contribution in [-0.2, 0) is 14.6 Å². The Kier molecular flexibility index (Phi) is 4.94. The van der Waals surface area contributed by atoms with E-state index < -0.39 is 9.84 Å². The van der Waals surface area contributed by atoms with Gasteiger partial charge in [0.05, 0.1) is 5.75 Å². The molecule has 1 saturated carbocycles. The number of sulfone groups is 1. The molecule has 0 aromatic heterocycles. The summed E-state index contributed by atoms with van der Waals surface area (Å²) < 4.78 is 22.0. The van der Waals surface area contributed by atoms with Gasteiger partial charge in [-0.05, 0) is 25.7 Å². The van der Waals surface area contributed by atoms with Gasteiger partial charge in [-0.2, -0.15) is 0 Å². The average Bonchev–Trinajstić information content (AvgIpc) is 2.25. The second-order valence-electron chi connectivity index (χ2n) is 5.00. The SMILES string of the molecule is CN(CCS(C)(=O)=O)C(=O)C1CCC(N)CC1. The summed E-state index contributed by atoms with van der Waals surface area (Å²) in [5, 5.41) is 0. The zero-order valence-corrected chi connectivity index (χ0v) is 11.4. The van der Waals surface area contributed by atoms with Crippen molar-refractivity contribution in [2.45, 2.75) is 31.7 Å². The van der Waals surface area contributed by atoms with E-state index in [0.29, 0.717) is 0 Å². The molecule has 1 aliphatic carbocycles. The molecule has 1 amide bonds. The minimum absolute atomic E-state index is 0.0272. The van der Waals surface area contributed by atoms with Gasteiger partial charge in [-0.1, -0.05) is 0 Å². The molecule has 1 aliphatic rings. The lowest BCUT2D eigenvalue weighted by Gasteiger charge is -2.28. The molecule has 0 heterocycles. The fourth-order valence-corrected chi connectivity index (χ4v) is 2.70. The normalized spacial score (nSPS) is 25.6. The van der Waals surface area contributed by atoms with Crippen molar-refractivity contribution < 1.29 is 13.2 Å². The van der Waals surface area contributed by atoms with Crippen LogP contribution < -0.4 is 5.73 Å². The third-order valence-corrected chi connectivity index (χ3v) is 4.22. The molecule has 0 atom stereocenters. The molecule has 0 bridgehead atoms. The number of hydrogen-bond donors (Lipinski definition) is 1. The number of carbonyl (C=O) groups is 1. The van der Waals surface area contributed by atoms with Crippen LogP contribution in [0.5, 0.6) is 0 Å². The Morgan fingerprint density at radius 1 is 1.29 bits per heavy atom. The molecule has 2 N–H and O–H groups in total. The maximum atomic E-state index is 12.0. The van der Waals surface area contributed by atoms with Crippen molar-refractivity contribution in [1.29, 1.82) is 0 Å². The Bertz CT molecular complexity index is 359. The van der Waals surface area contributed by atoms with E-state index in [1.807, 2.05) is 0 Å².